The van der Waals surface area contributed by atoms with Crippen molar-refractivity contribution in [2.75, 3.05) is 11.9 Å². The number of benzene rings is 3. The van der Waals surface area contributed by atoms with Gasteiger partial charge in [0.05, 0.1) is 5.69 Å². The number of para-hydroxylation sites is 2. The fraction of sp³-hybridized carbons (Fsp3) is 0.130. The molecule has 0 spiro atoms. The average Bonchev–Trinajstić information content (AvgIpc) is 2.78. The molecule has 0 saturated heterocycles. The van der Waals surface area contributed by atoms with Crippen LogP contribution in [0.15, 0.2) is 77.7 Å². The summed E-state index contributed by atoms with van der Waals surface area (Å²) in [5.41, 5.74) is 1.01. The van der Waals surface area contributed by atoms with Gasteiger partial charge in [-0.15, -0.1) is 0 Å². The van der Waals surface area contributed by atoms with E-state index in [0.717, 1.165) is 0 Å². The molecule has 9 heteroatoms. The molecule has 5 nitrogen and oxygen atoms in total. The summed E-state index contributed by atoms with van der Waals surface area (Å²) in [4.78, 5) is 24.8. The molecule has 32 heavy (non-hydrogen) atoms. The summed E-state index contributed by atoms with van der Waals surface area (Å²) in [5.74, 6) is -4.24. The molecule has 0 aliphatic heterocycles. The summed E-state index contributed by atoms with van der Waals surface area (Å²) in [6, 6.07) is 18.1. The number of thioether (sulfide) groups is 1. The Kier molecular flexibility index (Phi) is 8.15. The van der Waals surface area contributed by atoms with E-state index in [1.54, 1.807) is 42.5 Å². The van der Waals surface area contributed by atoms with Gasteiger partial charge in [-0.1, -0.05) is 48.2 Å². The van der Waals surface area contributed by atoms with E-state index < -0.39 is 24.2 Å². The lowest BCUT2D eigenvalue weighted by atomic mass is 10.2. The normalized spacial score (nSPS) is 10.6. The molecule has 0 unspecified atom stereocenters. The quantitative estimate of drug-likeness (QED) is 0.336. The van der Waals surface area contributed by atoms with E-state index in [1.165, 1.54) is 30.3 Å². The Balaban J connectivity index is 1.58. The molecule has 3 aromatic rings. The Morgan fingerprint density at radius 1 is 0.938 bits per heavy atom. The molecule has 0 heterocycles. The number of rotatable bonds is 9. The molecule has 0 fully saturated rings. The lowest BCUT2D eigenvalue weighted by Gasteiger charge is -2.12. The van der Waals surface area contributed by atoms with Crippen LogP contribution < -0.4 is 10.1 Å². The number of hydrogen-bond acceptors (Lipinski definition) is 5. The lowest BCUT2D eigenvalue weighted by molar-refractivity contribution is -0.119. The maximum Gasteiger partial charge on any atom is 0.342 e. The maximum atomic E-state index is 13.0. The zero-order chi connectivity index (χ0) is 22.9. The summed E-state index contributed by atoms with van der Waals surface area (Å²) in [5, 5.41) is 2.46. The van der Waals surface area contributed by atoms with Crippen LogP contribution in [0, 0.1) is 5.82 Å². The van der Waals surface area contributed by atoms with Crippen molar-refractivity contribution in [1.29, 1.82) is 0 Å². The van der Waals surface area contributed by atoms with Gasteiger partial charge in [0.15, 0.2) is 6.61 Å². The van der Waals surface area contributed by atoms with Crippen molar-refractivity contribution in [3.05, 3.63) is 89.7 Å². The number of hydrogen-bond donors (Lipinski definition) is 1. The van der Waals surface area contributed by atoms with E-state index >= 15 is 0 Å². The predicted octanol–water partition coefficient (Wildman–Crippen LogP) is 5.51. The number of esters is 1. The third kappa shape index (κ3) is 6.78. The van der Waals surface area contributed by atoms with Crippen molar-refractivity contribution in [3.63, 3.8) is 0 Å². The van der Waals surface area contributed by atoms with Crippen molar-refractivity contribution in [2.24, 2.45) is 0 Å². The van der Waals surface area contributed by atoms with Crippen LogP contribution in [0.2, 0.25) is 0 Å². The molecule has 0 bridgehead atoms. The molecule has 0 aliphatic rings. The number of carbonyl (C=O) groups is 2. The maximum absolute atomic E-state index is 13.0. The van der Waals surface area contributed by atoms with Gasteiger partial charge >= 0.3 is 5.97 Å². The van der Waals surface area contributed by atoms with Crippen molar-refractivity contribution >= 4 is 29.3 Å². The summed E-state index contributed by atoms with van der Waals surface area (Å²) in [6.07, 6.45) is 0. The van der Waals surface area contributed by atoms with Gasteiger partial charge < -0.3 is 14.8 Å². The van der Waals surface area contributed by atoms with Crippen molar-refractivity contribution in [1.82, 2.24) is 0 Å². The van der Waals surface area contributed by atoms with Crippen LogP contribution in [-0.4, -0.2) is 24.2 Å². The summed E-state index contributed by atoms with van der Waals surface area (Å²) in [7, 11) is 0. The second-order valence-corrected chi connectivity index (χ2v) is 7.44. The molecule has 3 rings (SSSR count). The van der Waals surface area contributed by atoms with Gasteiger partial charge in [-0.3, -0.25) is 4.79 Å². The molecule has 1 N–H and O–H groups in total. The minimum absolute atomic E-state index is 0.101. The highest BCUT2D eigenvalue weighted by Gasteiger charge is 2.17. The molecule has 0 aromatic heterocycles. The zero-order valence-corrected chi connectivity index (χ0v) is 17.4. The fourth-order valence-electron chi connectivity index (χ4n) is 2.67. The van der Waals surface area contributed by atoms with Gasteiger partial charge in [0.25, 0.3) is 11.7 Å². The van der Waals surface area contributed by atoms with Gasteiger partial charge in [0, 0.05) is 4.90 Å². The van der Waals surface area contributed by atoms with Gasteiger partial charge in [-0.05, 0) is 42.0 Å². The molecular weight excluding hydrogens is 443 g/mol. The number of ether oxygens (including phenoxy) is 2. The van der Waals surface area contributed by atoms with E-state index in [4.69, 9.17) is 9.47 Å². The summed E-state index contributed by atoms with van der Waals surface area (Å²) in [6.45, 7) is -0.511. The topological polar surface area (TPSA) is 64.6 Å². The molecule has 3 aromatic carbocycles. The second kappa shape index (κ2) is 11.2. The monoisotopic (exact) mass is 461 g/mol. The van der Waals surface area contributed by atoms with Crippen LogP contribution in [0.5, 0.6) is 5.75 Å². The highest BCUT2D eigenvalue weighted by molar-refractivity contribution is 7.99. The van der Waals surface area contributed by atoms with E-state index in [2.05, 4.69) is 5.32 Å². The Hall–Kier alpha value is -3.46. The third-order valence-corrected chi connectivity index (χ3v) is 4.91. The van der Waals surface area contributed by atoms with E-state index in [1.807, 2.05) is 0 Å². The Bertz CT molecular complexity index is 1080. The van der Waals surface area contributed by atoms with Crippen LogP contribution in [0.1, 0.15) is 15.9 Å². The first-order valence-corrected chi connectivity index (χ1v) is 10.3. The molecule has 0 aliphatic carbocycles. The number of carbonyl (C=O) groups excluding carboxylic acids is 2. The number of halogens is 3. The van der Waals surface area contributed by atoms with Gasteiger partial charge in [0.1, 0.15) is 23.7 Å². The Morgan fingerprint density at radius 2 is 1.62 bits per heavy atom. The highest BCUT2D eigenvalue weighted by atomic mass is 32.2. The first kappa shape index (κ1) is 23.2. The highest BCUT2D eigenvalue weighted by Crippen LogP contribution is 2.31. The predicted molar refractivity (Wildman–Crippen MR) is 114 cm³/mol. The number of amides is 1. The van der Waals surface area contributed by atoms with Crippen LogP contribution >= 0.6 is 11.8 Å². The Morgan fingerprint density at radius 3 is 2.38 bits per heavy atom. The van der Waals surface area contributed by atoms with Crippen molar-refractivity contribution < 1.29 is 32.2 Å². The van der Waals surface area contributed by atoms with Crippen LogP contribution in [-0.2, 0) is 16.1 Å². The Labute approximate surface area is 186 Å². The molecule has 1 amide bonds. The summed E-state index contributed by atoms with van der Waals surface area (Å²) >= 11 is 0.301. The number of nitrogens with one attached hydrogen (secondary N) is 1. The first-order valence-electron chi connectivity index (χ1n) is 9.39. The van der Waals surface area contributed by atoms with Gasteiger partial charge in [-0.2, -0.15) is 8.78 Å². The molecular formula is C23H18F3NO4S. The van der Waals surface area contributed by atoms with Crippen LogP contribution in [0.25, 0.3) is 0 Å². The first-order chi connectivity index (χ1) is 15.4. The van der Waals surface area contributed by atoms with E-state index in [9.17, 15) is 22.8 Å². The smallest absolute Gasteiger partial charge is 0.342 e. The van der Waals surface area contributed by atoms with Crippen molar-refractivity contribution in [2.45, 2.75) is 17.3 Å². The molecule has 0 radical (unpaired) electrons. The zero-order valence-electron chi connectivity index (χ0n) is 16.6. The van der Waals surface area contributed by atoms with E-state index in [0.29, 0.717) is 17.3 Å². The SMILES string of the molecule is O=C(COC(=O)c1ccccc1OCc1ccc(F)cc1)Nc1ccccc1SC(F)F. The minimum Gasteiger partial charge on any atom is -0.488 e. The minimum atomic E-state index is -2.64. The largest absolute Gasteiger partial charge is 0.488 e. The third-order valence-electron chi connectivity index (χ3n) is 4.13. The van der Waals surface area contributed by atoms with Crippen LogP contribution in [0.3, 0.4) is 0 Å². The number of anilines is 1. The van der Waals surface area contributed by atoms with Gasteiger partial charge in [-0.25, -0.2) is 9.18 Å². The van der Waals surface area contributed by atoms with E-state index in [-0.39, 0.29) is 34.3 Å². The summed E-state index contributed by atoms with van der Waals surface area (Å²) < 4.78 is 49.0. The average molecular weight is 461 g/mol. The fourth-order valence-corrected chi connectivity index (χ4v) is 3.26. The molecule has 166 valence electrons. The van der Waals surface area contributed by atoms with Gasteiger partial charge in [0.2, 0.25) is 0 Å². The standard InChI is InChI=1S/C23H18F3NO4S/c24-16-11-9-15(10-12-16)13-30-19-7-3-1-5-17(19)22(29)31-14-21(28)27-18-6-2-4-8-20(18)32-23(25)26/h1-12,23H,13-14H2,(H,27,28). The van der Waals surface area contributed by atoms with Crippen LogP contribution in [0.4, 0.5) is 18.9 Å². The number of alkyl halides is 2. The second-order valence-electron chi connectivity index (χ2n) is 6.41. The molecule has 0 saturated carbocycles. The van der Waals surface area contributed by atoms with Crippen molar-refractivity contribution in [3.8, 4) is 5.75 Å². The lowest BCUT2D eigenvalue weighted by Crippen LogP contribution is -2.21. The molecule has 0 atom stereocenters.